The highest BCUT2D eigenvalue weighted by atomic mass is 19.4. The molecular formula is C13H18F3NO4. The van der Waals surface area contributed by atoms with Gasteiger partial charge in [-0.3, -0.25) is 4.79 Å². The van der Waals surface area contributed by atoms with Crippen LogP contribution in [0, 0.1) is 11.8 Å². The number of carbonyl (C=O) groups is 2. The van der Waals surface area contributed by atoms with E-state index in [1.165, 1.54) is 4.90 Å². The van der Waals surface area contributed by atoms with Gasteiger partial charge in [0.2, 0.25) is 5.91 Å². The zero-order valence-corrected chi connectivity index (χ0v) is 11.4. The van der Waals surface area contributed by atoms with E-state index >= 15 is 0 Å². The van der Waals surface area contributed by atoms with Crippen molar-refractivity contribution >= 4 is 11.9 Å². The van der Waals surface area contributed by atoms with Crippen LogP contribution in [0.5, 0.6) is 0 Å². The molecule has 0 aromatic carbocycles. The first kappa shape index (κ1) is 16.1. The van der Waals surface area contributed by atoms with Crippen molar-refractivity contribution in [3.05, 3.63) is 0 Å². The normalized spacial score (nSPS) is 31.0. The molecule has 1 N–H and O–H groups in total. The van der Waals surface area contributed by atoms with Crippen LogP contribution in [0.1, 0.15) is 25.7 Å². The molecule has 120 valence electrons. The maximum absolute atomic E-state index is 12.8. The van der Waals surface area contributed by atoms with Crippen molar-refractivity contribution < 1.29 is 32.6 Å². The molecule has 1 saturated carbocycles. The van der Waals surface area contributed by atoms with E-state index in [0.29, 0.717) is 12.8 Å². The molecule has 2 fully saturated rings. The van der Waals surface area contributed by atoms with Crippen LogP contribution in [0.15, 0.2) is 0 Å². The van der Waals surface area contributed by atoms with E-state index in [1.54, 1.807) is 0 Å². The highest BCUT2D eigenvalue weighted by Gasteiger charge is 2.44. The predicted octanol–water partition coefficient (Wildman–Crippen LogP) is 1.67. The van der Waals surface area contributed by atoms with E-state index in [1.807, 2.05) is 0 Å². The molecule has 3 atom stereocenters. The van der Waals surface area contributed by atoms with E-state index in [4.69, 9.17) is 9.84 Å². The fraction of sp³-hybridized carbons (Fsp3) is 0.846. The summed E-state index contributed by atoms with van der Waals surface area (Å²) in [6.07, 6.45) is -4.70. The van der Waals surface area contributed by atoms with Crippen molar-refractivity contribution in [1.29, 1.82) is 0 Å². The maximum Gasteiger partial charge on any atom is 0.391 e. The highest BCUT2D eigenvalue weighted by molar-refractivity contribution is 5.80. The lowest BCUT2D eigenvalue weighted by molar-refractivity contribution is -0.188. The number of hydrogen-bond acceptors (Lipinski definition) is 3. The van der Waals surface area contributed by atoms with Crippen LogP contribution in [-0.4, -0.2) is 53.9 Å². The number of amides is 1. The van der Waals surface area contributed by atoms with Crippen molar-refractivity contribution in [2.75, 3.05) is 19.7 Å². The second-order valence-electron chi connectivity index (χ2n) is 5.58. The Morgan fingerprint density at radius 1 is 1.24 bits per heavy atom. The monoisotopic (exact) mass is 309 g/mol. The molecule has 21 heavy (non-hydrogen) atoms. The lowest BCUT2D eigenvalue weighted by atomic mass is 9.80. The minimum absolute atomic E-state index is 0.0636. The predicted molar refractivity (Wildman–Crippen MR) is 65.5 cm³/mol. The Bertz CT molecular complexity index is 413. The van der Waals surface area contributed by atoms with Crippen LogP contribution in [-0.2, 0) is 14.3 Å². The molecule has 1 saturated heterocycles. The molecule has 1 heterocycles. The third kappa shape index (κ3) is 3.87. The Morgan fingerprint density at radius 3 is 2.57 bits per heavy atom. The number of morpholine rings is 1. The lowest BCUT2D eigenvalue weighted by Gasteiger charge is -2.36. The number of alkyl halides is 3. The van der Waals surface area contributed by atoms with Gasteiger partial charge in [0.25, 0.3) is 0 Å². The summed E-state index contributed by atoms with van der Waals surface area (Å²) < 4.78 is 43.3. The van der Waals surface area contributed by atoms with E-state index in [2.05, 4.69) is 0 Å². The molecule has 8 heteroatoms. The Labute approximate surface area is 120 Å². The Morgan fingerprint density at radius 2 is 1.95 bits per heavy atom. The molecular weight excluding hydrogens is 291 g/mol. The molecule has 0 radical (unpaired) electrons. The minimum Gasteiger partial charge on any atom is -0.479 e. The first-order valence-electron chi connectivity index (χ1n) is 6.99. The molecule has 0 bridgehead atoms. The molecule has 2 rings (SSSR count). The van der Waals surface area contributed by atoms with Gasteiger partial charge in [-0.1, -0.05) is 6.42 Å². The summed E-state index contributed by atoms with van der Waals surface area (Å²) in [7, 11) is 0. The highest BCUT2D eigenvalue weighted by Crippen LogP contribution is 2.40. The van der Waals surface area contributed by atoms with Crippen LogP contribution < -0.4 is 0 Å². The third-order valence-corrected chi connectivity index (χ3v) is 4.14. The lowest BCUT2D eigenvalue weighted by Crippen LogP contribution is -2.51. The van der Waals surface area contributed by atoms with Gasteiger partial charge < -0.3 is 14.7 Å². The fourth-order valence-corrected chi connectivity index (χ4v) is 2.97. The van der Waals surface area contributed by atoms with Crippen LogP contribution in [0.25, 0.3) is 0 Å². The summed E-state index contributed by atoms with van der Waals surface area (Å²) in [6.45, 7) is 0.231. The third-order valence-electron chi connectivity index (χ3n) is 4.14. The van der Waals surface area contributed by atoms with E-state index < -0.39 is 30.1 Å². The average Bonchev–Trinajstić information content (AvgIpc) is 2.46. The first-order valence-corrected chi connectivity index (χ1v) is 6.99. The molecule has 0 aromatic heterocycles. The maximum atomic E-state index is 12.8. The van der Waals surface area contributed by atoms with E-state index in [0.717, 1.165) is 0 Å². The fourth-order valence-electron chi connectivity index (χ4n) is 2.97. The van der Waals surface area contributed by atoms with Gasteiger partial charge in [0, 0.05) is 12.5 Å². The molecule has 1 aliphatic carbocycles. The number of halogens is 3. The van der Waals surface area contributed by atoms with Crippen molar-refractivity contribution in [2.24, 2.45) is 11.8 Å². The van der Waals surface area contributed by atoms with Crippen molar-refractivity contribution in [1.82, 2.24) is 4.90 Å². The van der Waals surface area contributed by atoms with Gasteiger partial charge in [-0.2, -0.15) is 13.2 Å². The SMILES string of the molecule is O=C(O)C1CN(C(=O)C2CCCC(C(F)(F)F)C2)CCO1. The summed E-state index contributed by atoms with van der Waals surface area (Å²) in [5.41, 5.74) is 0. The summed E-state index contributed by atoms with van der Waals surface area (Å²) in [4.78, 5) is 24.5. The van der Waals surface area contributed by atoms with Gasteiger partial charge in [-0.05, 0) is 19.3 Å². The van der Waals surface area contributed by atoms with Crippen molar-refractivity contribution in [3.63, 3.8) is 0 Å². The Balaban J connectivity index is 1.97. The molecule has 2 aliphatic rings. The number of carboxylic acid groups (broad SMARTS) is 1. The van der Waals surface area contributed by atoms with Crippen LogP contribution in [0.3, 0.4) is 0 Å². The van der Waals surface area contributed by atoms with Crippen LogP contribution in [0.2, 0.25) is 0 Å². The standard InChI is InChI=1S/C13H18F3NO4/c14-13(15,16)9-3-1-2-8(6-9)11(18)17-4-5-21-10(7-17)12(19)20/h8-10H,1-7H2,(H,19,20). The summed E-state index contributed by atoms with van der Waals surface area (Å²) >= 11 is 0. The minimum atomic E-state index is -4.27. The van der Waals surface area contributed by atoms with Gasteiger partial charge in [0.1, 0.15) is 0 Å². The topological polar surface area (TPSA) is 66.8 Å². The van der Waals surface area contributed by atoms with Gasteiger partial charge in [-0.25, -0.2) is 4.79 Å². The van der Waals surface area contributed by atoms with Crippen LogP contribution >= 0.6 is 0 Å². The van der Waals surface area contributed by atoms with Gasteiger partial charge in [0.15, 0.2) is 6.10 Å². The Kier molecular flexibility index (Phi) is 4.75. The smallest absolute Gasteiger partial charge is 0.391 e. The van der Waals surface area contributed by atoms with Crippen molar-refractivity contribution in [3.8, 4) is 0 Å². The summed E-state index contributed by atoms with van der Waals surface area (Å²) in [5.74, 6) is -3.64. The number of carboxylic acids is 1. The molecule has 1 aliphatic heterocycles. The second kappa shape index (κ2) is 6.21. The molecule has 1 amide bonds. The number of carbonyl (C=O) groups excluding carboxylic acids is 1. The summed E-state index contributed by atoms with van der Waals surface area (Å²) in [6, 6.07) is 0. The number of aliphatic carboxylic acids is 1. The second-order valence-corrected chi connectivity index (χ2v) is 5.58. The molecule has 0 spiro atoms. The average molecular weight is 309 g/mol. The first-order chi connectivity index (χ1) is 9.79. The zero-order valence-electron chi connectivity index (χ0n) is 11.4. The number of ether oxygens (including phenoxy) is 1. The number of hydrogen-bond donors (Lipinski definition) is 1. The van der Waals surface area contributed by atoms with Crippen LogP contribution in [0.4, 0.5) is 13.2 Å². The largest absolute Gasteiger partial charge is 0.479 e. The zero-order chi connectivity index (χ0) is 15.6. The van der Waals surface area contributed by atoms with E-state index in [9.17, 15) is 22.8 Å². The molecule has 5 nitrogen and oxygen atoms in total. The summed E-state index contributed by atoms with van der Waals surface area (Å²) in [5, 5.41) is 8.89. The number of rotatable bonds is 2. The quantitative estimate of drug-likeness (QED) is 0.842. The van der Waals surface area contributed by atoms with Gasteiger partial charge in [0.05, 0.1) is 19.1 Å². The van der Waals surface area contributed by atoms with Gasteiger partial charge in [-0.15, -0.1) is 0 Å². The molecule has 0 aromatic rings. The van der Waals surface area contributed by atoms with E-state index in [-0.39, 0.29) is 38.4 Å². The van der Waals surface area contributed by atoms with Gasteiger partial charge >= 0.3 is 12.1 Å². The van der Waals surface area contributed by atoms with Crippen molar-refractivity contribution in [2.45, 2.75) is 38.0 Å². The molecule has 3 unspecified atom stereocenters. The Hall–Kier alpha value is -1.31. The number of nitrogens with zero attached hydrogens (tertiary/aromatic N) is 1.